The highest BCUT2D eigenvalue weighted by Gasteiger charge is 2.79. The molecule has 2 N–H and O–H groups in total. The lowest BCUT2D eigenvalue weighted by atomic mass is 9.44. The zero-order chi connectivity index (χ0) is 24.8. The van der Waals surface area contributed by atoms with Crippen molar-refractivity contribution in [2.24, 2.45) is 28.6 Å². The normalized spacial score (nSPS) is 50.8. The molecule has 6 nitrogen and oxygen atoms in total. The molecule has 190 valence electrons. The van der Waals surface area contributed by atoms with Crippen LogP contribution in [0.15, 0.2) is 36.0 Å². The first kappa shape index (κ1) is 23.7. The van der Waals surface area contributed by atoms with Crippen molar-refractivity contribution in [1.82, 2.24) is 0 Å². The summed E-state index contributed by atoms with van der Waals surface area (Å²) < 4.78 is 30.0. The highest BCUT2D eigenvalue weighted by molar-refractivity contribution is 6.01. The van der Waals surface area contributed by atoms with Gasteiger partial charge in [0, 0.05) is 16.7 Å². The minimum atomic E-state index is -1.98. The molecule has 6 rings (SSSR count). The van der Waals surface area contributed by atoms with Gasteiger partial charge in [-0.05, 0) is 75.5 Å². The van der Waals surface area contributed by atoms with Gasteiger partial charge in [-0.25, -0.2) is 4.39 Å². The summed E-state index contributed by atoms with van der Waals surface area (Å²) in [4.78, 5) is 25.4. The highest BCUT2D eigenvalue weighted by atomic mass is 19.1. The molecule has 1 aliphatic heterocycles. The number of hydrogen-bond donors (Lipinski definition) is 2. The molecule has 6 aliphatic rings. The van der Waals surface area contributed by atoms with E-state index in [0.717, 1.165) is 18.4 Å². The molecule has 0 radical (unpaired) electrons. The van der Waals surface area contributed by atoms with Gasteiger partial charge in [0.1, 0.15) is 6.61 Å². The molecule has 0 aromatic heterocycles. The molecule has 1 saturated heterocycles. The fourth-order valence-electron chi connectivity index (χ4n) is 8.57. The number of ketones is 2. The minimum Gasteiger partial charge on any atom is -0.390 e. The first-order chi connectivity index (χ1) is 16.6. The van der Waals surface area contributed by atoms with E-state index in [2.05, 4.69) is 6.08 Å². The zero-order valence-corrected chi connectivity index (χ0v) is 20.4. The Bertz CT molecular complexity index is 1050. The lowest BCUT2D eigenvalue weighted by molar-refractivity contribution is -0.227. The average molecular weight is 487 g/mol. The van der Waals surface area contributed by atoms with Crippen molar-refractivity contribution in [2.45, 2.75) is 88.6 Å². The van der Waals surface area contributed by atoms with Gasteiger partial charge in [-0.2, -0.15) is 0 Å². The molecule has 0 unspecified atom stereocenters. The van der Waals surface area contributed by atoms with Gasteiger partial charge < -0.3 is 19.7 Å². The van der Waals surface area contributed by atoms with Crippen LogP contribution < -0.4 is 0 Å². The van der Waals surface area contributed by atoms with Crippen LogP contribution in [0.2, 0.25) is 0 Å². The van der Waals surface area contributed by atoms with Crippen LogP contribution >= 0.6 is 0 Å². The lowest BCUT2D eigenvalue weighted by Crippen LogP contribution is -2.69. The summed E-state index contributed by atoms with van der Waals surface area (Å²) in [6.45, 7) is 2.99. The number of alkyl halides is 1. The SMILES string of the molecule is C[C@]12C=CC(=O)C=C1CC[C@H]1[C@@H]3C[C@H]4O[C@@H](/C=C/C5CCC5)O[C@@]4(C(=O)CO)[C@@]3(C)C[C@H](O)[C@@]12F. The molecular weight excluding hydrogens is 451 g/mol. The highest BCUT2D eigenvalue weighted by Crippen LogP contribution is 2.71. The van der Waals surface area contributed by atoms with E-state index in [0.29, 0.717) is 25.2 Å². The van der Waals surface area contributed by atoms with E-state index in [4.69, 9.17) is 9.47 Å². The van der Waals surface area contributed by atoms with Gasteiger partial charge in [0.05, 0.1) is 12.2 Å². The van der Waals surface area contributed by atoms with E-state index in [9.17, 15) is 19.8 Å². The number of allylic oxidation sites excluding steroid dienone is 5. The Hall–Kier alpha value is -1.67. The predicted octanol–water partition coefficient (Wildman–Crippen LogP) is 3.37. The topological polar surface area (TPSA) is 93.1 Å². The Morgan fingerprint density at radius 2 is 2.00 bits per heavy atom. The Balaban J connectivity index is 1.38. The summed E-state index contributed by atoms with van der Waals surface area (Å²) in [5, 5.41) is 21.5. The van der Waals surface area contributed by atoms with E-state index in [1.54, 1.807) is 13.0 Å². The summed E-state index contributed by atoms with van der Waals surface area (Å²) in [6, 6.07) is 0. The first-order valence-electron chi connectivity index (χ1n) is 13.1. The smallest absolute Gasteiger partial charge is 0.193 e. The minimum absolute atomic E-state index is 0.0139. The molecule has 7 heteroatoms. The Kier molecular flexibility index (Phi) is 5.20. The largest absolute Gasteiger partial charge is 0.390 e. The standard InChI is InChI=1S/C28H35FO6/c1-25-11-10-18(31)12-17(25)7-8-19-20-13-23-28(22(33)15-30,26(20,2)14-21(32)27(19,25)29)35-24(34-23)9-6-16-4-3-5-16/h6,9-12,16,19-21,23-24,30,32H,3-5,7-8,13-15H2,1-2H3/b9-6+/t19-,20-,21-,23+,24+,25-,26-,27-,28+/m0/s1. The molecule has 0 bridgehead atoms. The number of carbonyl (C=O) groups excluding carboxylic acids is 2. The average Bonchev–Trinajstić information content (AvgIpc) is 3.26. The van der Waals surface area contributed by atoms with Crippen molar-refractivity contribution in [3.63, 3.8) is 0 Å². The summed E-state index contributed by atoms with van der Waals surface area (Å²) >= 11 is 0. The Morgan fingerprint density at radius 1 is 1.23 bits per heavy atom. The van der Waals surface area contributed by atoms with Crippen LogP contribution in [0.3, 0.4) is 0 Å². The molecule has 5 fully saturated rings. The lowest BCUT2D eigenvalue weighted by Gasteiger charge is -2.62. The first-order valence-corrected chi connectivity index (χ1v) is 13.1. The van der Waals surface area contributed by atoms with Gasteiger partial charge in [-0.1, -0.05) is 31.1 Å². The molecule has 0 amide bonds. The molecule has 35 heavy (non-hydrogen) atoms. The van der Waals surface area contributed by atoms with Crippen molar-refractivity contribution < 1.29 is 33.7 Å². The fraction of sp³-hybridized carbons (Fsp3) is 0.714. The maximum absolute atomic E-state index is 17.3. The number of ether oxygens (including phenoxy) is 2. The van der Waals surface area contributed by atoms with E-state index in [-0.39, 0.29) is 18.1 Å². The monoisotopic (exact) mass is 486 g/mol. The van der Waals surface area contributed by atoms with Gasteiger partial charge in [-0.3, -0.25) is 9.59 Å². The van der Waals surface area contributed by atoms with E-state index >= 15 is 4.39 Å². The second-order valence-corrected chi connectivity index (χ2v) is 12.0. The van der Waals surface area contributed by atoms with Gasteiger partial charge >= 0.3 is 0 Å². The predicted molar refractivity (Wildman–Crippen MR) is 125 cm³/mol. The van der Waals surface area contributed by atoms with Crippen LogP contribution in [-0.4, -0.2) is 58.2 Å². The third kappa shape index (κ3) is 2.84. The third-order valence-electron chi connectivity index (χ3n) is 10.6. The molecular formula is C28H35FO6. The second kappa shape index (κ2) is 7.67. The number of fused-ring (bicyclic) bond motifs is 7. The van der Waals surface area contributed by atoms with Gasteiger partial charge in [0.25, 0.3) is 0 Å². The van der Waals surface area contributed by atoms with Crippen LogP contribution in [0.1, 0.15) is 58.8 Å². The van der Waals surface area contributed by atoms with Crippen LogP contribution in [0.4, 0.5) is 4.39 Å². The van der Waals surface area contributed by atoms with E-state index in [1.807, 2.05) is 13.0 Å². The number of rotatable bonds is 4. The van der Waals surface area contributed by atoms with Crippen molar-refractivity contribution >= 4 is 11.6 Å². The van der Waals surface area contributed by atoms with Crippen LogP contribution in [0.25, 0.3) is 0 Å². The van der Waals surface area contributed by atoms with E-state index < -0.39 is 58.9 Å². The maximum atomic E-state index is 17.3. The Morgan fingerprint density at radius 3 is 2.69 bits per heavy atom. The summed E-state index contributed by atoms with van der Waals surface area (Å²) in [5.41, 5.74) is -4.68. The fourth-order valence-corrected chi connectivity index (χ4v) is 8.57. The molecule has 0 spiro atoms. The summed E-state index contributed by atoms with van der Waals surface area (Å²) in [6.07, 6.45) is 10.8. The zero-order valence-electron chi connectivity index (χ0n) is 20.4. The summed E-state index contributed by atoms with van der Waals surface area (Å²) in [5.74, 6) is -0.935. The van der Waals surface area contributed by atoms with Crippen molar-refractivity contribution in [3.8, 4) is 0 Å². The molecule has 5 aliphatic carbocycles. The number of halogens is 1. The molecule has 4 saturated carbocycles. The van der Waals surface area contributed by atoms with Crippen LogP contribution in [0, 0.1) is 28.6 Å². The number of aliphatic hydroxyl groups excluding tert-OH is 2. The molecule has 1 heterocycles. The number of carbonyl (C=O) groups is 2. The number of hydrogen-bond acceptors (Lipinski definition) is 6. The van der Waals surface area contributed by atoms with Crippen molar-refractivity contribution in [2.75, 3.05) is 6.61 Å². The van der Waals surface area contributed by atoms with Crippen molar-refractivity contribution in [3.05, 3.63) is 36.0 Å². The summed E-state index contributed by atoms with van der Waals surface area (Å²) in [7, 11) is 0. The molecule has 0 aromatic rings. The van der Waals surface area contributed by atoms with Crippen molar-refractivity contribution in [1.29, 1.82) is 0 Å². The number of aliphatic hydroxyl groups is 2. The van der Waals surface area contributed by atoms with E-state index in [1.165, 1.54) is 18.6 Å². The Labute approximate surface area is 205 Å². The van der Waals surface area contributed by atoms with Crippen LogP contribution in [0.5, 0.6) is 0 Å². The maximum Gasteiger partial charge on any atom is 0.193 e. The quantitative estimate of drug-likeness (QED) is 0.592. The molecule has 9 atom stereocenters. The number of Topliss-reactive ketones (excluding diaryl/α,β-unsaturated/α-hetero) is 1. The third-order valence-corrected chi connectivity index (χ3v) is 10.6. The van der Waals surface area contributed by atoms with Gasteiger partial charge in [0.15, 0.2) is 29.1 Å². The van der Waals surface area contributed by atoms with Crippen LogP contribution in [-0.2, 0) is 19.1 Å². The van der Waals surface area contributed by atoms with Gasteiger partial charge in [-0.15, -0.1) is 0 Å². The second-order valence-electron chi connectivity index (χ2n) is 12.0. The molecule has 0 aromatic carbocycles. The van der Waals surface area contributed by atoms with Gasteiger partial charge in [0.2, 0.25) is 0 Å².